The summed E-state index contributed by atoms with van der Waals surface area (Å²) in [7, 11) is 0. The smallest absolute Gasteiger partial charge is 0.277 e. The van der Waals surface area contributed by atoms with Gasteiger partial charge in [-0.05, 0) is 31.2 Å². The van der Waals surface area contributed by atoms with Crippen molar-refractivity contribution >= 4 is 23.7 Å². The number of carbonyl (C=O) groups is 1. The summed E-state index contributed by atoms with van der Waals surface area (Å²) in [5.74, 6) is -0.0162. The number of halogens is 2. The number of ether oxygens (including phenoxy) is 2. The molecule has 0 heterocycles. The summed E-state index contributed by atoms with van der Waals surface area (Å²) in [5, 5.41) is 3.88. The molecular formula is C17H16ClFN2O3. The van der Waals surface area contributed by atoms with Gasteiger partial charge in [0.1, 0.15) is 5.82 Å². The van der Waals surface area contributed by atoms with E-state index >= 15 is 0 Å². The lowest BCUT2D eigenvalue weighted by molar-refractivity contribution is -0.123. The fourth-order valence-electron chi connectivity index (χ4n) is 1.82. The van der Waals surface area contributed by atoms with Crippen LogP contribution in [-0.4, -0.2) is 25.3 Å². The minimum absolute atomic E-state index is 0.0991. The number of hydrogen-bond acceptors (Lipinski definition) is 4. The number of nitrogens with zero attached hydrogens (tertiary/aromatic N) is 1. The Bertz CT molecular complexity index is 717. The molecule has 1 N–H and O–H groups in total. The lowest BCUT2D eigenvalue weighted by Gasteiger charge is -2.10. The van der Waals surface area contributed by atoms with Crippen molar-refractivity contribution in [3.63, 3.8) is 0 Å². The molecule has 1 amide bonds. The molecule has 0 radical (unpaired) electrons. The van der Waals surface area contributed by atoms with Gasteiger partial charge in [-0.25, -0.2) is 9.82 Å². The predicted molar refractivity (Wildman–Crippen MR) is 90.3 cm³/mol. The average Bonchev–Trinajstić information content (AvgIpc) is 2.57. The number of rotatable bonds is 7. The fourth-order valence-corrected chi connectivity index (χ4v) is 2.03. The van der Waals surface area contributed by atoms with Crippen LogP contribution in [0, 0.1) is 5.82 Å². The van der Waals surface area contributed by atoms with Crippen LogP contribution in [-0.2, 0) is 4.79 Å². The van der Waals surface area contributed by atoms with Gasteiger partial charge in [0.2, 0.25) is 0 Å². The second-order valence-corrected chi connectivity index (χ2v) is 5.00. The van der Waals surface area contributed by atoms with Crippen molar-refractivity contribution in [2.75, 3.05) is 13.2 Å². The molecule has 0 aliphatic rings. The fraction of sp³-hybridized carbons (Fsp3) is 0.176. The Hall–Kier alpha value is -2.60. The third-order valence-corrected chi connectivity index (χ3v) is 3.22. The van der Waals surface area contributed by atoms with E-state index in [1.54, 1.807) is 24.3 Å². The van der Waals surface area contributed by atoms with Crippen molar-refractivity contribution in [1.82, 2.24) is 5.43 Å². The van der Waals surface area contributed by atoms with E-state index < -0.39 is 11.7 Å². The number of para-hydroxylation sites is 2. The highest BCUT2D eigenvalue weighted by molar-refractivity contribution is 6.33. The summed E-state index contributed by atoms with van der Waals surface area (Å²) in [6.07, 6.45) is 1.14. The molecule has 0 spiro atoms. The largest absolute Gasteiger partial charge is 0.490 e. The Kier molecular flexibility index (Phi) is 6.57. The van der Waals surface area contributed by atoms with Crippen LogP contribution in [0.15, 0.2) is 47.6 Å². The molecule has 0 fully saturated rings. The van der Waals surface area contributed by atoms with Crippen molar-refractivity contribution in [2.24, 2.45) is 5.10 Å². The van der Waals surface area contributed by atoms with Gasteiger partial charge in [-0.15, -0.1) is 0 Å². The molecule has 0 atom stereocenters. The zero-order valence-electron chi connectivity index (χ0n) is 13.0. The van der Waals surface area contributed by atoms with E-state index in [2.05, 4.69) is 10.5 Å². The minimum Gasteiger partial charge on any atom is -0.490 e. The van der Waals surface area contributed by atoms with Crippen LogP contribution in [0.5, 0.6) is 11.5 Å². The first kappa shape index (κ1) is 17.7. The van der Waals surface area contributed by atoms with Crippen LogP contribution < -0.4 is 14.9 Å². The number of hydrazone groups is 1. The standard InChI is InChI=1S/C17H16ClFN2O3/c1-2-23-15-8-3-4-9-16(15)24-11-17(22)21-20-10-12-13(18)6-5-7-14(12)19/h3-10H,2,11H2,1H3,(H,21,22). The van der Waals surface area contributed by atoms with E-state index in [0.29, 0.717) is 18.1 Å². The molecule has 0 aromatic heterocycles. The molecule has 24 heavy (non-hydrogen) atoms. The van der Waals surface area contributed by atoms with Crippen LogP contribution in [0.2, 0.25) is 5.02 Å². The monoisotopic (exact) mass is 350 g/mol. The Labute approximate surface area is 144 Å². The van der Waals surface area contributed by atoms with Gasteiger partial charge in [-0.1, -0.05) is 29.8 Å². The summed E-state index contributed by atoms with van der Waals surface area (Å²) in [6.45, 7) is 2.08. The highest BCUT2D eigenvalue weighted by atomic mass is 35.5. The summed E-state index contributed by atoms with van der Waals surface area (Å²) in [4.78, 5) is 11.7. The van der Waals surface area contributed by atoms with Crippen molar-refractivity contribution < 1.29 is 18.7 Å². The first-order valence-corrected chi connectivity index (χ1v) is 7.60. The zero-order valence-corrected chi connectivity index (χ0v) is 13.7. The normalized spacial score (nSPS) is 10.6. The lowest BCUT2D eigenvalue weighted by Crippen LogP contribution is -2.24. The van der Waals surface area contributed by atoms with Crippen molar-refractivity contribution in [1.29, 1.82) is 0 Å². The summed E-state index contributed by atoms with van der Waals surface area (Å²) < 4.78 is 24.3. The maximum Gasteiger partial charge on any atom is 0.277 e. The number of amides is 1. The third-order valence-electron chi connectivity index (χ3n) is 2.89. The van der Waals surface area contributed by atoms with Gasteiger partial charge in [-0.2, -0.15) is 5.10 Å². The molecular weight excluding hydrogens is 335 g/mol. The van der Waals surface area contributed by atoms with Crippen molar-refractivity contribution in [3.05, 3.63) is 58.9 Å². The van der Waals surface area contributed by atoms with Crippen LogP contribution in [0.4, 0.5) is 4.39 Å². The molecule has 126 valence electrons. The Morgan fingerprint density at radius 1 is 1.21 bits per heavy atom. The first-order valence-electron chi connectivity index (χ1n) is 7.22. The van der Waals surface area contributed by atoms with Gasteiger partial charge >= 0.3 is 0 Å². The van der Waals surface area contributed by atoms with E-state index in [-0.39, 0.29) is 17.2 Å². The number of nitrogens with one attached hydrogen (secondary N) is 1. The van der Waals surface area contributed by atoms with Crippen LogP contribution >= 0.6 is 11.6 Å². The summed E-state index contributed by atoms with van der Waals surface area (Å²) in [6, 6.07) is 11.3. The molecule has 0 aliphatic carbocycles. The Morgan fingerprint density at radius 3 is 2.58 bits per heavy atom. The molecule has 7 heteroatoms. The third kappa shape index (κ3) is 4.96. The molecule has 0 saturated heterocycles. The highest BCUT2D eigenvalue weighted by Crippen LogP contribution is 2.26. The number of carbonyl (C=O) groups excluding carboxylic acids is 1. The van der Waals surface area contributed by atoms with Gasteiger partial charge in [0.25, 0.3) is 5.91 Å². The molecule has 0 saturated carbocycles. The molecule has 0 aliphatic heterocycles. The number of hydrogen-bond donors (Lipinski definition) is 1. The second kappa shape index (κ2) is 8.88. The van der Waals surface area contributed by atoms with Crippen molar-refractivity contribution in [2.45, 2.75) is 6.92 Å². The van der Waals surface area contributed by atoms with Gasteiger partial charge in [-0.3, -0.25) is 4.79 Å². The summed E-state index contributed by atoms with van der Waals surface area (Å²) >= 11 is 5.85. The van der Waals surface area contributed by atoms with Gasteiger partial charge < -0.3 is 9.47 Å². The van der Waals surface area contributed by atoms with E-state index in [1.165, 1.54) is 18.2 Å². The predicted octanol–water partition coefficient (Wildman–Crippen LogP) is 3.41. The average molecular weight is 351 g/mol. The quantitative estimate of drug-likeness (QED) is 0.615. The molecule has 0 unspecified atom stereocenters. The van der Waals surface area contributed by atoms with Crippen LogP contribution in [0.3, 0.4) is 0 Å². The second-order valence-electron chi connectivity index (χ2n) is 4.60. The minimum atomic E-state index is -0.526. The van der Waals surface area contributed by atoms with Gasteiger partial charge in [0.15, 0.2) is 18.1 Å². The zero-order chi connectivity index (χ0) is 17.4. The highest BCUT2D eigenvalue weighted by Gasteiger charge is 2.07. The number of benzene rings is 2. The maximum absolute atomic E-state index is 13.5. The van der Waals surface area contributed by atoms with E-state index in [9.17, 15) is 9.18 Å². The van der Waals surface area contributed by atoms with Gasteiger partial charge in [0, 0.05) is 5.56 Å². The molecule has 5 nitrogen and oxygen atoms in total. The lowest BCUT2D eigenvalue weighted by atomic mass is 10.2. The Balaban J connectivity index is 1.89. The summed E-state index contributed by atoms with van der Waals surface area (Å²) in [5.41, 5.74) is 2.35. The maximum atomic E-state index is 13.5. The van der Waals surface area contributed by atoms with E-state index in [1.807, 2.05) is 6.92 Å². The first-order chi connectivity index (χ1) is 11.6. The van der Waals surface area contributed by atoms with Crippen molar-refractivity contribution in [3.8, 4) is 11.5 Å². The Morgan fingerprint density at radius 2 is 1.92 bits per heavy atom. The topological polar surface area (TPSA) is 59.9 Å². The molecule has 2 aromatic rings. The molecule has 2 rings (SSSR count). The van der Waals surface area contributed by atoms with Gasteiger partial charge in [0.05, 0.1) is 17.8 Å². The SMILES string of the molecule is CCOc1ccccc1OCC(=O)NN=Cc1c(F)cccc1Cl. The molecule has 2 aromatic carbocycles. The molecule has 0 bridgehead atoms. The van der Waals surface area contributed by atoms with Crippen LogP contribution in [0.25, 0.3) is 0 Å². The van der Waals surface area contributed by atoms with E-state index in [4.69, 9.17) is 21.1 Å². The van der Waals surface area contributed by atoms with E-state index in [0.717, 1.165) is 6.21 Å². The van der Waals surface area contributed by atoms with Crippen LogP contribution in [0.1, 0.15) is 12.5 Å².